The molecule has 0 radical (unpaired) electrons. The summed E-state index contributed by atoms with van der Waals surface area (Å²) in [5, 5.41) is 2.41. The summed E-state index contributed by atoms with van der Waals surface area (Å²) < 4.78 is 0. The lowest BCUT2D eigenvalue weighted by molar-refractivity contribution is 0.0971. The van der Waals surface area contributed by atoms with Crippen LogP contribution in [0.25, 0.3) is 21.9 Å². The summed E-state index contributed by atoms with van der Waals surface area (Å²) in [6.45, 7) is 0. The largest absolute Gasteiger partial charge is 0.294 e. The summed E-state index contributed by atoms with van der Waals surface area (Å²) in [7, 11) is 0. The highest BCUT2D eigenvalue weighted by Crippen LogP contribution is 2.30. The lowest BCUT2D eigenvalue weighted by Gasteiger charge is -2.15. The third-order valence-corrected chi connectivity index (χ3v) is 4.19. The van der Waals surface area contributed by atoms with E-state index in [0.717, 1.165) is 35.2 Å². The number of aryl methyl sites for hydroxylation is 1. The molecule has 1 heterocycles. The van der Waals surface area contributed by atoms with Crippen molar-refractivity contribution in [3.05, 3.63) is 66.0 Å². The molecule has 4 rings (SSSR count). The average Bonchev–Trinajstić information content (AvgIpc) is 2.54. The quantitative estimate of drug-likeness (QED) is 0.657. The minimum Gasteiger partial charge on any atom is -0.294 e. The van der Waals surface area contributed by atoms with E-state index in [2.05, 4.69) is 35.3 Å². The second-order valence-corrected chi connectivity index (χ2v) is 5.52. The Bertz CT molecular complexity index is 846. The van der Waals surface area contributed by atoms with Gasteiger partial charge < -0.3 is 0 Å². The van der Waals surface area contributed by atoms with Crippen LogP contribution in [0.2, 0.25) is 0 Å². The minimum atomic E-state index is 0.228. The van der Waals surface area contributed by atoms with Crippen molar-refractivity contribution in [3.63, 3.8) is 0 Å². The molecule has 102 valence electrons. The van der Waals surface area contributed by atoms with Crippen molar-refractivity contribution in [3.8, 4) is 11.1 Å². The van der Waals surface area contributed by atoms with Gasteiger partial charge in [-0.1, -0.05) is 42.5 Å². The molecule has 0 N–H and O–H groups in total. The number of rotatable bonds is 1. The zero-order valence-corrected chi connectivity index (χ0v) is 11.7. The van der Waals surface area contributed by atoms with Crippen LogP contribution in [0.3, 0.4) is 0 Å². The first-order valence-electron chi connectivity index (χ1n) is 7.33. The zero-order valence-electron chi connectivity index (χ0n) is 11.7. The standard InChI is InChI=1S/C19H15NO/c21-19-10-4-9-18-17(19)11-14(12-20-18)16-8-3-6-13-5-1-2-7-15(13)16/h1-3,5-8,11-12H,4,9-10H2. The Balaban J connectivity index is 1.93. The van der Waals surface area contributed by atoms with E-state index in [0.29, 0.717) is 6.42 Å². The third kappa shape index (κ3) is 2.04. The van der Waals surface area contributed by atoms with Crippen molar-refractivity contribution >= 4 is 16.6 Å². The highest BCUT2D eigenvalue weighted by molar-refractivity contribution is 6.01. The molecule has 0 spiro atoms. The minimum absolute atomic E-state index is 0.228. The van der Waals surface area contributed by atoms with Crippen molar-refractivity contribution in [1.29, 1.82) is 0 Å². The maximum atomic E-state index is 12.1. The summed E-state index contributed by atoms with van der Waals surface area (Å²) in [6, 6.07) is 16.6. The molecule has 0 unspecified atom stereocenters. The molecule has 21 heavy (non-hydrogen) atoms. The first kappa shape index (κ1) is 12.3. The van der Waals surface area contributed by atoms with Crippen molar-refractivity contribution in [2.24, 2.45) is 0 Å². The molecule has 2 aromatic carbocycles. The number of hydrogen-bond donors (Lipinski definition) is 0. The summed E-state index contributed by atoms with van der Waals surface area (Å²) in [5.41, 5.74) is 3.93. The third-order valence-electron chi connectivity index (χ3n) is 4.19. The van der Waals surface area contributed by atoms with Crippen LogP contribution in [0.15, 0.2) is 54.7 Å². The molecule has 2 nitrogen and oxygen atoms in total. The van der Waals surface area contributed by atoms with Gasteiger partial charge in [-0.15, -0.1) is 0 Å². The second-order valence-electron chi connectivity index (χ2n) is 5.52. The van der Waals surface area contributed by atoms with E-state index in [1.165, 1.54) is 10.8 Å². The number of pyridine rings is 1. The van der Waals surface area contributed by atoms with Gasteiger partial charge in [0.05, 0.1) is 5.69 Å². The van der Waals surface area contributed by atoms with Crippen LogP contribution < -0.4 is 0 Å². The topological polar surface area (TPSA) is 30.0 Å². The Hall–Kier alpha value is -2.48. The number of hydrogen-bond acceptors (Lipinski definition) is 2. The predicted molar refractivity (Wildman–Crippen MR) is 84.4 cm³/mol. The Morgan fingerprint density at radius 2 is 1.76 bits per heavy atom. The fraction of sp³-hybridized carbons (Fsp3) is 0.158. The Morgan fingerprint density at radius 3 is 2.71 bits per heavy atom. The summed E-state index contributed by atoms with van der Waals surface area (Å²) >= 11 is 0. The number of aromatic nitrogens is 1. The lowest BCUT2D eigenvalue weighted by atomic mass is 9.91. The van der Waals surface area contributed by atoms with Gasteiger partial charge in [0, 0.05) is 23.7 Å². The highest BCUT2D eigenvalue weighted by Gasteiger charge is 2.19. The monoisotopic (exact) mass is 273 g/mol. The first-order chi connectivity index (χ1) is 10.3. The molecule has 0 saturated carbocycles. The zero-order chi connectivity index (χ0) is 14.2. The predicted octanol–water partition coefficient (Wildman–Crippen LogP) is 4.42. The molecule has 1 aromatic heterocycles. The van der Waals surface area contributed by atoms with Crippen LogP contribution >= 0.6 is 0 Å². The molecule has 3 aromatic rings. The van der Waals surface area contributed by atoms with Crippen LogP contribution in [-0.2, 0) is 6.42 Å². The van der Waals surface area contributed by atoms with Crippen LogP contribution in [0.1, 0.15) is 28.9 Å². The van der Waals surface area contributed by atoms with Crippen molar-refractivity contribution in [1.82, 2.24) is 4.98 Å². The van der Waals surface area contributed by atoms with Gasteiger partial charge in [0.1, 0.15) is 0 Å². The Morgan fingerprint density at radius 1 is 0.905 bits per heavy atom. The van der Waals surface area contributed by atoms with Crippen LogP contribution in [-0.4, -0.2) is 10.8 Å². The van der Waals surface area contributed by atoms with Gasteiger partial charge in [-0.05, 0) is 35.2 Å². The van der Waals surface area contributed by atoms with Gasteiger partial charge in [0.25, 0.3) is 0 Å². The van der Waals surface area contributed by atoms with Gasteiger partial charge in [0.2, 0.25) is 0 Å². The maximum absolute atomic E-state index is 12.1. The number of ketones is 1. The van der Waals surface area contributed by atoms with Gasteiger partial charge in [0.15, 0.2) is 5.78 Å². The number of carbonyl (C=O) groups excluding carboxylic acids is 1. The van der Waals surface area contributed by atoms with Crippen LogP contribution in [0.5, 0.6) is 0 Å². The van der Waals surface area contributed by atoms with E-state index in [9.17, 15) is 4.79 Å². The molecule has 2 heteroatoms. The molecule has 0 bridgehead atoms. The van der Waals surface area contributed by atoms with E-state index in [-0.39, 0.29) is 5.78 Å². The average molecular weight is 273 g/mol. The molecule has 0 aliphatic heterocycles. The van der Waals surface area contributed by atoms with Crippen molar-refractivity contribution in [2.75, 3.05) is 0 Å². The number of fused-ring (bicyclic) bond motifs is 2. The SMILES string of the molecule is O=C1CCCc2ncc(-c3cccc4ccccc34)cc21. The molecule has 1 aliphatic rings. The number of carbonyl (C=O) groups is 1. The van der Waals surface area contributed by atoms with Crippen LogP contribution in [0.4, 0.5) is 0 Å². The molecular weight excluding hydrogens is 258 g/mol. The maximum Gasteiger partial charge on any atom is 0.164 e. The molecule has 0 saturated heterocycles. The first-order valence-corrected chi connectivity index (χ1v) is 7.33. The van der Waals surface area contributed by atoms with Crippen molar-refractivity contribution < 1.29 is 4.79 Å². The Labute approximate surface area is 123 Å². The van der Waals surface area contributed by atoms with Gasteiger partial charge in [-0.25, -0.2) is 0 Å². The summed E-state index contributed by atoms with van der Waals surface area (Å²) in [5.74, 6) is 0.228. The summed E-state index contributed by atoms with van der Waals surface area (Å²) in [4.78, 5) is 16.6. The van der Waals surface area contributed by atoms with Gasteiger partial charge >= 0.3 is 0 Å². The molecule has 0 amide bonds. The Kier molecular flexibility index (Phi) is 2.81. The fourth-order valence-electron chi connectivity index (χ4n) is 3.11. The van der Waals surface area contributed by atoms with E-state index >= 15 is 0 Å². The normalized spacial score (nSPS) is 14.2. The number of nitrogens with zero attached hydrogens (tertiary/aromatic N) is 1. The molecule has 0 fully saturated rings. The summed E-state index contributed by atoms with van der Waals surface area (Å²) in [6.07, 6.45) is 4.39. The van der Waals surface area contributed by atoms with Crippen LogP contribution in [0, 0.1) is 0 Å². The molecule has 1 aliphatic carbocycles. The smallest absolute Gasteiger partial charge is 0.164 e. The lowest BCUT2D eigenvalue weighted by Crippen LogP contribution is -2.12. The van der Waals surface area contributed by atoms with Gasteiger partial charge in [-0.3, -0.25) is 9.78 Å². The van der Waals surface area contributed by atoms with Crippen molar-refractivity contribution in [2.45, 2.75) is 19.3 Å². The second kappa shape index (κ2) is 4.81. The van der Waals surface area contributed by atoms with E-state index in [1.807, 2.05) is 24.4 Å². The van der Waals surface area contributed by atoms with E-state index in [4.69, 9.17) is 0 Å². The van der Waals surface area contributed by atoms with Gasteiger partial charge in [-0.2, -0.15) is 0 Å². The molecule has 0 atom stereocenters. The van der Waals surface area contributed by atoms with E-state index < -0.39 is 0 Å². The number of Topliss-reactive ketones (excluding diaryl/α,β-unsaturated/α-hetero) is 1. The molecular formula is C19H15NO. The fourth-order valence-corrected chi connectivity index (χ4v) is 3.11. The highest BCUT2D eigenvalue weighted by atomic mass is 16.1. The van der Waals surface area contributed by atoms with E-state index in [1.54, 1.807) is 0 Å². The number of benzene rings is 2.